The van der Waals surface area contributed by atoms with Crippen LogP contribution in [0.15, 0.2) is 36.5 Å². The molecule has 0 saturated heterocycles. The Morgan fingerprint density at radius 1 is 1.05 bits per heavy atom. The SMILES string of the molecule is CCCNC(c1nccc2ccccc12)C(CC)CC. The van der Waals surface area contributed by atoms with Gasteiger partial charge in [-0.25, -0.2) is 0 Å². The minimum atomic E-state index is 0.357. The normalized spacial score (nSPS) is 13.0. The Bertz CT molecular complexity index is 526. The van der Waals surface area contributed by atoms with Crippen molar-refractivity contribution in [3.63, 3.8) is 0 Å². The molecule has 1 aromatic carbocycles. The third-order valence-electron chi connectivity index (χ3n) is 4.13. The molecule has 1 aromatic heterocycles. The van der Waals surface area contributed by atoms with Gasteiger partial charge >= 0.3 is 0 Å². The van der Waals surface area contributed by atoms with Gasteiger partial charge in [0.1, 0.15) is 0 Å². The maximum absolute atomic E-state index is 4.71. The number of hydrogen-bond acceptors (Lipinski definition) is 2. The smallest absolute Gasteiger partial charge is 0.0654 e. The van der Waals surface area contributed by atoms with E-state index in [1.807, 2.05) is 6.20 Å². The Balaban J connectivity index is 2.44. The lowest BCUT2D eigenvalue weighted by Gasteiger charge is -2.27. The van der Waals surface area contributed by atoms with E-state index < -0.39 is 0 Å². The highest BCUT2D eigenvalue weighted by Gasteiger charge is 2.22. The van der Waals surface area contributed by atoms with E-state index in [1.54, 1.807) is 0 Å². The van der Waals surface area contributed by atoms with Crippen LogP contribution in [0.4, 0.5) is 0 Å². The Morgan fingerprint density at radius 2 is 1.80 bits per heavy atom. The second-order valence-electron chi connectivity index (χ2n) is 5.43. The van der Waals surface area contributed by atoms with Crippen molar-refractivity contribution in [3.05, 3.63) is 42.2 Å². The number of benzene rings is 1. The number of nitrogens with one attached hydrogen (secondary N) is 1. The Kier molecular flexibility index (Phi) is 5.54. The molecule has 1 unspecified atom stereocenters. The van der Waals surface area contributed by atoms with Gasteiger partial charge in [-0.3, -0.25) is 4.98 Å². The van der Waals surface area contributed by atoms with Crippen molar-refractivity contribution >= 4 is 10.8 Å². The zero-order valence-corrected chi connectivity index (χ0v) is 12.9. The average Bonchev–Trinajstić information content (AvgIpc) is 2.51. The summed E-state index contributed by atoms with van der Waals surface area (Å²) in [6, 6.07) is 11.0. The molecule has 2 nitrogen and oxygen atoms in total. The van der Waals surface area contributed by atoms with Gasteiger partial charge in [-0.1, -0.05) is 57.9 Å². The highest BCUT2D eigenvalue weighted by molar-refractivity contribution is 5.84. The van der Waals surface area contributed by atoms with Gasteiger partial charge in [0.05, 0.1) is 11.7 Å². The van der Waals surface area contributed by atoms with E-state index in [0.29, 0.717) is 12.0 Å². The fourth-order valence-corrected chi connectivity index (χ4v) is 2.94. The van der Waals surface area contributed by atoms with Gasteiger partial charge in [0.2, 0.25) is 0 Å². The van der Waals surface area contributed by atoms with E-state index in [-0.39, 0.29) is 0 Å². The summed E-state index contributed by atoms with van der Waals surface area (Å²) in [5.41, 5.74) is 1.21. The summed E-state index contributed by atoms with van der Waals surface area (Å²) < 4.78 is 0. The van der Waals surface area contributed by atoms with E-state index in [1.165, 1.54) is 29.3 Å². The molecule has 0 radical (unpaired) electrons. The Morgan fingerprint density at radius 3 is 2.50 bits per heavy atom. The standard InChI is InChI=1S/C18H26N2/c1-4-12-19-17(14(5-2)6-3)18-16-10-8-7-9-15(16)11-13-20-18/h7-11,13-14,17,19H,4-6,12H2,1-3H3. The molecule has 1 heterocycles. The van der Waals surface area contributed by atoms with Crippen LogP contribution in [-0.4, -0.2) is 11.5 Å². The number of fused-ring (bicyclic) bond motifs is 1. The molecule has 0 spiro atoms. The molecule has 0 saturated carbocycles. The van der Waals surface area contributed by atoms with E-state index in [9.17, 15) is 0 Å². The van der Waals surface area contributed by atoms with Crippen molar-refractivity contribution in [2.45, 2.75) is 46.1 Å². The lowest BCUT2D eigenvalue weighted by Crippen LogP contribution is -2.29. The van der Waals surface area contributed by atoms with Crippen LogP contribution in [0.2, 0.25) is 0 Å². The number of rotatable bonds is 7. The summed E-state index contributed by atoms with van der Waals surface area (Å²) in [5, 5.41) is 6.29. The van der Waals surface area contributed by atoms with E-state index in [4.69, 9.17) is 4.98 Å². The van der Waals surface area contributed by atoms with Crippen LogP contribution in [0.5, 0.6) is 0 Å². The largest absolute Gasteiger partial charge is 0.308 e. The Labute approximate surface area is 122 Å². The van der Waals surface area contributed by atoms with Gasteiger partial charge in [-0.2, -0.15) is 0 Å². The summed E-state index contributed by atoms with van der Waals surface area (Å²) in [4.78, 5) is 4.71. The van der Waals surface area contributed by atoms with Crippen LogP contribution in [0, 0.1) is 5.92 Å². The van der Waals surface area contributed by atoms with Crippen molar-refractivity contribution in [3.8, 4) is 0 Å². The molecule has 0 aliphatic carbocycles. The molecule has 0 fully saturated rings. The van der Waals surface area contributed by atoms with Crippen molar-refractivity contribution in [2.75, 3.05) is 6.54 Å². The summed E-state index contributed by atoms with van der Waals surface area (Å²) in [7, 11) is 0. The molecule has 108 valence electrons. The van der Waals surface area contributed by atoms with Gasteiger partial charge in [0.15, 0.2) is 0 Å². The topological polar surface area (TPSA) is 24.9 Å². The first-order valence-electron chi connectivity index (χ1n) is 7.88. The first-order valence-corrected chi connectivity index (χ1v) is 7.88. The highest BCUT2D eigenvalue weighted by atomic mass is 14.9. The first kappa shape index (κ1) is 15.0. The van der Waals surface area contributed by atoms with Gasteiger partial charge < -0.3 is 5.32 Å². The lowest BCUT2D eigenvalue weighted by molar-refractivity contribution is 0.337. The fourth-order valence-electron chi connectivity index (χ4n) is 2.94. The van der Waals surface area contributed by atoms with Crippen molar-refractivity contribution < 1.29 is 0 Å². The molecule has 2 aromatic rings. The van der Waals surface area contributed by atoms with Crippen LogP contribution in [0.1, 0.15) is 51.8 Å². The van der Waals surface area contributed by atoms with Gasteiger partial charge in [0.25, 0.3) is 0 Å². The van der Waals surface area contributed by atoms with Gasteiger partial charge in [-0.15, -0.1) is 0 Å². The third-order valence-corrected chi connectivity index (χ3v) is 4.13. The van der Waals surface area contributed by atoms with Gasteiger partial charge in [0, 0.05) is 11.6 Å². The third kappa shape index (κ3) is 3.18. The molecule has 0 amide bonds. The Hall–Kier alpha value is -1.41. The molecular formula is C18H26N2. The predicted molar refractivity (Wildman–Crippen MR) is 86.8 cm³/mol. The summed E-state index contributed by atoms with van der Waals surface area (Å²) >= 11 is 0. The number of hydrogen-bond donors (Lipinski definition) is 1. The van der Waals surface area contributed by atoms with E-state index in [0.717, 1.165) is 13.0 Å². The average molecular weight is 270 g/mol. The number of pyridine rings is 1. The molecule has 0 bridgehead atoms. The molecule has 20 heavy (non-hydrogen) atoms. The monoisotopic (exact) mass is 270 g/mol. The molecule has 0 aliphatic heterocycles. The molecule has 0 aliphatic rings. The van der Waals surface area contributed by atoms with E-state index >= 15 is 0 Å². The maximum atomic E-state index is 4.71. The first-order chi connectivity index (χ1) is 9.81. The molecule has 2 heteroatoms. The lowest BCUT2D eigenvalue weighted by atomic mass is 9.89. The quantitative estimate of drug-likeness (QED) is 0.788. The van der Waals surface area contributed by atoms with Crippen LogP contribution >= 0.6 is 0 Å². The number of nitrogens with zero attached hydrogens (tertiary/aromatic N) is 1. The highest BCUT2D eigenvalue weighted by Crippen LogP contribution is 2.30. The summed E-state index contributed by atoms with van der Waals surface area (Å²) in [5.74, 6) is 0.639. The fraction of sp³-hybridized carbons (Fsp3) is 0.500. The second kappa shape index (κ2) is 7.39. The zero-order chi connectivity index (χ0) is 14.4. The minimum absolute atomic E-state index is 0.357. The van der Waals surface area contributed by atoms with Crippen molar-refractivity contribution in [1.29, 1.82) is 0 Å². The minimum Gasteiger partial charge on any atom is -0.308 e. The number of aromatic nitrogens is 1. The molecule has 1 atom stereocenters. The van der Waals surface area contributed by atoms with Crippen LogP contribution in [0.25, 0.3) is 10.8 Å². The summed E-state index contributed by atoms with van der Waals surface area (Å²) in [6.07, 6.45) is 5.47. The maximum Gasteiger partial charge on any atom is 0.0654 e. The zero-order valence-electron chi connectivity index (χ0n) is 12.9. The van der Waals surface area contributed by atoms with Crippen LogP contribution in [0.3, 0.4) is 0 Å². The molecular weight excluding hydrogens is 244 g/mol. The van der Waals surface area contributed by atoms with Gasteiger partial charge in [-0.05, 0) is 30.3 Å². The molecule has 2 rings (SSSR count). The molecule has 1 N–H and O–H groups in total. The van der Waals surface area contributed by atoms with Crippen molar-refractivity contribution in [1.82, 2.24) is 10.3 Å². The second-order valence-corrected chi connectivity index (χ2v) is 5.43. The van der Waals surface area contributed by atoms with Crippen LogP contribution < -0.4 is 5.32 Å². The van der Waals surface area contributed by atoms with Crippen molar-refractivity contribution in [2.24, 2.45) is 5.92 Å². The summed E-state index contributed by atoms with van der Waals surface area (Å²) in [6.45, 7) is 7.82. The predicted octanol–water partition coefficient (Wildman–Crippen LogP) is 4.71. The van der Waals surface area contributed by atoms with E-state index in [2.05, 4.69) is 56.4 Å². The van der Waals surface area contributed by atoms with Crippen LogP contribution in [-0.2, 0) is 0 Å².